The Labute approximate surface area is 149 Å². The van der Waals surface area contributed by atoms with Gasteiger partial charge >= 0.3 is 0 Å². The maximum Gasteiger partial charge on any atom is 0.251 e. The fraction of sp³-hybridized carbons (Fsp3) is 0.611. The molecule has 0 aromatic heterocycles. The molecule has 1 amide bonds. The van der Waals surface area contributed by atoms with Gasteiger partial charge in [-0.15, -0.1) is 0 Å². The molecule has 1 N–H and O–H groups in total. The Kier molecular flexibility index (Phi) is 7.18. The predicted octanol–water partition coefficient (Wildman–Crippen LogP) is 3.35. The lowest BCUT2D eigenvalue weighted by Gasteiger charge is -2.31. The number of carbonyl (C=O) groups is 1. The molecule has 2 rings (SSSR count). The van der Waals surface area contributed by atoms with Crippen molar-refractivity contribution in [2.75, 3.05) is 33.4 Å². The van der Waals surface area contributed by atoms with Gasteiger partial charge in [0.1, 0.15) is 0 Å². The third-order valence-corrected chi connectivity index (χ3v) is 4.59. The van der Waals surface area contributed by atoms with Crippen molar-refractivity contribution >= 4 is 17.5 Å². The Morgan fingerprint density at radius 2 is 2.04 bits per heavy atom. The zero-order valence-electron chi connectivity index (χ0n) is 14.7. The second-order valence-corrected chi connectivity index (χ2v) is 6.43. The highest BCUT2D eigenvalue weighted by Crippen LogP contribution is 2.36. The highest BCUT2D eigenvalue weighted by Gasteiger charge is 2.22. The van der Waals surface area contributed by atoms with Crippen LogP contribution in [0.25, 0.3) is 0 Å². The number of nitrogens with one attached hydrogen (secondary N) is 1. The van der Waals surface area contributed by atoms with Crippen molar-refractivity contribution in [2.45, 2.75) is 39.2 Å². The first-order valence-corrected chi connectivity index (χ1v) is 9.00. The fourth-order valence-electron chi connectivity index (χ4n) is 2.86. The molecular weight excluding hydrogens is 328 g/mol. The molecule has 6 heteroatoms. The molecule has 134 valence electrons. The van der Waals surface area contributed by atoms with Gasteiger partial charge in [0, 0.05) is 24.7 Å². The first-order chi connectivity index (χ1) is 11.6. The summed E-state index contributed by atoms with van der Waals surface area (Å²) in [5, 5.41) is 3.50. The standard InChI is InChI=1S/C18H27ClN2O3/c1-4-10-24-17-15(19)11-13(12-16(17)23-3)18(22)20-14-6-8-21(5-2)9-7-14/h11-12,14H,4-10H2,1-3H3,(H,20,22). The highest BCUT2D eigenvalue weighted by atomic mass is 35.5. The van der Waals surface area contributed by atoms with Crippen molar-refractivity contribution in [3.8, 4) is 11.5 Å². The van der Waals surface area contributed by atoms with E-state index in [0.717, 1.165) is 38.9 Å². The number of nitrogens with zero attached hydrogens (tertiary/aromatic N) is 1. The topological polar surface area (TPSA) is 50.8 Å². The van der Waals surface area contributed by atoms with E-state index in [2.05, 4.69) is 17.1 Å². The van der Waals surface area contributed by atoms with E-state index in [0.29, 0.717) is 28.7 Å². The van der Waals surface area contributed by atoms with Crippen LogP contribution >= 0.6 is 11.6 Å². The van der Waals surface area contributed by atoms with E-state index in [4.69, 9.17) is 21.1 Å². The number of amides is 1. The molecule has 1 saturated heterocycles. The molecule has 1 heterocycles. The number of ether oxygens (including phenoxy) is 2. The molecule has 0 spiro atoms. The van der Waals surface area contributed by atoms with Gasteiger partial charge in [-0.1, -0.05) is 25.4 Å². The average Bonchev–Trinajstić information content (AvgIpc) is 2.60. The van der Waals surface area contributed by atoms with E-state index < -0.39 is 0 Å². The zero-order valence-corrected chi connectivity index (χ0v) is 15.5. The van der Waals surface area contributed by atoms with E-state index in [9.17, 15) is 4.79 Å². The lowest BCUT2D eigenvalue weighted by Crippen LogP contribution is -2.44. The molecule has 1 aromatic carbocycles. The highest BCUT2D eigenvalue weighted by molar-refractivity contribution is 6.32. The largest absolute Gasteiger partial charge is 0.493 e. The van der Waals surface area contributed by atoms with Gasteiger partial charge in [0.15, 0.2) is 11.5 Å². The quantitative estimate of drug-likeness (QED) is 0.815. The van der Waals surface area contributed by atoms with E-state index in [1.807, 2.05) is 6.92 Å². The van der Waals surface area contributed by atoms with Gasteiger partial charge in [-0.05, 0) is 37.9 Å². The van der Waals surface area contributed by atoms with Crippen molar-refractivity contribution in [1.82, 2.24) is 10.2 Å². The summed E-state index contributed by atoms with van der Waals surface area (Å²) >= 11 is 6.28. The Balaban J connectivity index is 2.05. The van der Waals surface area contributed by atoms with Gasteiger partial charge in [-0.2, -0.15) is 0 Å². The van der Waals surface area contributed by atoms with Crippen LogP contribution in [0.5, 0.6) is 11.5 Å². The molecule has 0 aliphatic carbocycles. The zero-order chi connectivity index (χ0) is 17.5. The predicted molar refractivity (Wildman–Crippen MR) is 96.4 cm³/mol. The van der Waals surface area contributed by atoms with Gasteiger partial charge in [0.25, 0.3) is 5.91 Å². The second kappa shape index (κ2) is 9.14. The molecule has 1 fully saturated rings. The van der Waals surface area contributed by atoms with Gasteiger partial charge in [-0.3, -0.25) is 4.79 Å². The van der Waals surface area contributed by atoms with Gasteiger partial charge in [-0.25, -0.2) is 0 Å². The van der Waals surface area contributed by atoms with Crippen molar-refractivity contribution < 1.29 is 14.3 Å². The minimum absolute atomic E-state index is 0.118. The molecule has 0 radical (unpaired) electrons. The van der Waals surface area contributed by atoms with Crippen LogP contribution in [0.1, 0.15) is 43.5 Å². The molecular formula is C18H27ClN2O3. The SMILES string of the molecule is CCCOc1c(Cl)cc(C(=O)NC2CCN(CC)CC2)cc1OC. The normalized spacial score (nSPS) is 16.0. The summed E-state index contributed by atoms with van der Waals surface area (Å²) < 4.78 is 11.0. The van der Waals surface area contributed by atoms with Gasteiger partial charge < -0.3 is 19.7 Å². The maximum absolute atomic E-state index is 12.5. The molecule has 1 aliphatic heterocycles. The van der Waals surface area contributed by atoms with Crippen LogP contribution in [0.15, 0.2) is 12.1 Å². The molecule has 0 atom stereocenters. The van der Waals surface area contributed by atoms with Crippen LogP contribution < -0.4 is 14.8 Å². The molecule has 0 unspecified atom stereocenters. The third kappa shape index (κ3) is 4.77. The summed E-state index contributed by atoms with van der Waals surface area (Å²) in [4.78, 5) is 14.9. The first kappa shape index (κ1) is 18.9. The third-order valence-electron chi connectivity index (χ3n) is 4.31. The van der Waals surface area contributed by atoms with Gasteiger partial charge in [0.2, 0.25) is 0 Å². The molecule has 1 aliphatic rings. The van der Waals surface area contributed by atoms with Crippen LogP contribution in [-0.4, -0.2) is 50.2 Å². The van der Waals surface area contributed by atoms with Crippen LogP contribution in [0.3, 0.4) is 0 Å². The first-order valence-electron chi connectivity index (χ1n) is 8.62. The summed E-state index contributed by atoms with van der Waals surface area (Å²) in [6.07, 6.45) is 2.82. The number of likely N-dealkylation sites (tertiary alicyclic amines) is 1. The van der Waals surface area contributed by atoms with E-state index in [1.54, 1.807) is 19.2 Å². The number of hydrogen-bond donors (Lipinski definition) is 1. The van der Waals surface area contributed by atoms with Crippen LogP contribution in [0, 0.1) is 0 Å². The minimum atomic E-state index is -0.118. The van der Waals surface area contributed by atoms with Crippen molar-refractivity contribution in [3.63, 3.8) is 0 Å². The monoisotopic (exact) mass is 354 g/mol. The van der Waals surface area contributed by atoms with Crippen LogP contribution in [0.2, 0.25) is 5.02 Å². The lowest BCUT2D eigenvalue weighted by atomic mass is 10.0. The Hall–Kier alpha value is -1.46. The average molecular weight is 355 g/mol. The smallest absolute Gasteiger partial charge is 0.251 e. The molecule has 24 heavy (non-hydrogen) atoms. The van der Waals surface area contributed by atoms with Crippen LogP contribution in [0.4, 0.5) is 0 Å². The molecule has 1 aromatic rings. The van der Waals surface area contributed by atoms with Gasteiger partial charge in [0.05, 0.1) is 18.7 Å². The Morgan fingerprint density at radius 1 is 1.33 bits per heavy atom. The summed E-state index contributed by atoms with van der Waals surface area (Å²) in [6, 6.07) is 3.54. The molecule has 0 saturated carbocycles. The second-order valence-electron chi connectivity index (χ2n) is 6.02. The summed E-state index contributed by atoms with van der Waals surface area (Å²) in [6.45, 7) is 7.84. The number of halogens is 1. The number of methoxy groups -OCH3 is 1. The Bertz CT molecular complexity index is 557. The van der Waals surface area contributed by atoms with Crippen molar-refractivity contribution in [2.24, 2.45) is 0 Å². The summed E-state index contributed by atoms with van der Waals surface area (Å²) in [5.41, 5.74) is 0.499. The maximum atomic E-state index is 12.5. The van der Waals surface area contributed by atoms with Crippen molar-refractivity contribution in [3.05, 3.63) is 22.7 Å². The minimum Gasteiger partial charge on any atom is -0.493 e. The molecule has 0 bridgehead atoms. The van der Waals surface area contributed by atoms with E-state index >= 15 is 0 Å². The summed E-state index contributed by atoms with van der Waals surface area (Å²) in [5.74, 6) is 0.864. The van der Waals surface area contributed by atoms with E-state index in [1.165, 1.54) is 0 Å². The number of benzene rings is 1. The number of rotatable bonds is 7. The Morgan fingerprint density at radius 3 is 2.62 bits per heavy atom. The lowest BCUT2D eigenvalue weighted by molar-refractivity contribution is 0.0912. The number of carbonyl (C=O) groups excluding carboxylic acids is 1. The molecule has 5 nitrogen and oxygen atoms in total. The number of hydrogen-bond acceptors (Lipinski definition) is 4. The fourth-order valence-corrected chi connectivity index (χ4v) is 3.12. The van der Waals surface area contributed by atoms with E-state index in [-0.39, 0.29) is 11.9 Å². The number of piperidine rings is 1. The van der Waals surface area contributed by atoms with Crippen LogP contribution in [-0.2, 0) is 0 Å². The van der Waals surface area contributed by atoms with Crippen molar-refractivity contribution in [1.29, 1.82) is 0 Å². The summed E-state index contributed by atoms with van der Waals surface area (Å²) in [7, 11) is 1.55.